The molecule has 0 aliphatic carbocycles. The third-order valence-electron chi connectivity index (χ3n) is 3.36. The average molecular weight is 274 g/mol. The summed E-state index contributed by atoms with van der Waals surface area (Å²) in [5, 5.41) is 10.7. The topological polar surface area (TPSA) is 46.4 Å². The number of nitro groups is 1. The molecular weight excluding hydrogens is 261 g/mol. The number of hydrogen-bond acceptors (Lipinski definition) is 3. The van der Waals surface area contributed by atoms with Gasteiger partial charge in [0.2, 0.25) is 0 Å². The number of non-ortho nitro benzene ring substituents is 1. The van der Waals surface area contributed by atoms with Gasteiger partial charge >= 0.3 is 6.18 Å². The van der Waals surface area contributed by atoms with Gasteiger partial charge in [-0.05, 0) is 18.9 Å². The van der Waals surface area contributed by atoms with E-state index in [9.17, 15) is 23.3 Å². The number of anilines is 1. The van der Waals surface area contributed by atoms with Crippen molar-refractivity contribution in [3.8, 4) is 0 Å². The van der Waals surface area contributed by atoms with Gasteiger partial charge in [0.15, 0.2) is 0 Å². The molecule has 1 aliphatic heterocycles. The monoisotopic (exact) mass is 274 g/mol. The van der Waals surface area contributed by atoms with Gasteiger partial charge in [0.1, 0.15) is 0 Å². The fourth-order valence-electron chi connectivity index (χ4n) is 2.27. The first-order valence-electron chi connectivity index (χ1n) is 5.94. The molecule has 7 heteroatoms. The van der Waals surface area contributed by atoms with E-state index in [1.807, 2.05) is 0 Å². The van der Waals surface area contributed by atoms with Crippen molar-refractivity contribution in [2.24, 2.45) is 5.92 Å². The van der Waals surface area contributed by atoms with Crippen molar-refractivity contribution in [2.75, 3.05) is 18.0 Å². The molecule has 0 saturated carbocycles. The normalized spacial score (nSPS) is 17.5. The Hall–Kier alpha value is -1.79. The van der Waals surface area contributed by atoms with Gasteiger partial charge in [0.05, 0.1) is 10.8 Å². The summed E-state index contributed by atoms with van der Waals surface area (Å²) < 4.78 is 37.6. The van der Waals surface area contributed by atoms with Crippen LogP contribution in [0.5, 0.6) is 0 Å². The summed E-state index contributed by atoms with van der Waals surface area (Å²) in [5.74, 6) is -1.26. The summed E-state index contributed by atoms with van der Waals surface area (Å²) in [6.45, 7) is 0.538. The molecule has 0 spiro atoms. The summed E-state index contributed by atoms with van der Waals surface area (Å²) >= 11 is 0. The first-order chi connectivity index (χ1) is 8.88. The van der Waals surface area contributed by atoms with E-state index in [4.69, 9.17) is 0 Å². The van der Waals surface area contributed by atoms with Gasteiger partial charge in [0, 0.05) is 30.9 Å². The number of halogens is 3. The minimum atomic E-state index is -4.14. The number of rotatable bonds is 2. The van der Waals surface area contributed by atoms with Crippen LogP contribution in [0.4, 0.5) is 24.5 Å². The molecule has 0 N–H and O–H groups in total. The standard InChI is InChI=1S/C12H13F3N2O2/c13-12(14,15)9-4-6-16(7-5-9)10-2-1-3-11(8-10)17(18)19/h1-3,8-9H,4-7H2. The summed E-state index contributed by atoms with van der Waals surface area (Å²) in [6.07, 6.45) is -4.08. The molecular formula is C12H13F3N2O2. The zero-order valence-corrected chi connectivity index (χ0v) is 10.1. The molecule has 0 radical (unpaired) electrons. The van der Waals surface area contributed by atoms with Crippen LogP contribution in [0.3, 0.4) is 0 Å². The minimum Gasteiger partial charge on any atom is -0.371 e. The summed E-state index contributed by atoms with van der Waals surface area (Å²) in [7, 11) is 0. The highest BCUT2D eigenvalue weighted by Crippen LogP contribution is 2.35. The van der Waals surface area contributed by atoms with Crippen LogP contribution >= 0.6 is 0 Å². The second-order valence-corrected chi connectivity index (χ2v) is 4.58. The van der Waals surface area contributed by atoms with Crippen molar-refractivity contribution >= 4 is 11.4 Å². The Morgan fingerprint density at radius 1 is 1.26 bits per heavy atom. The molecule has 0 unspecified atom stereocenters. The highest BCUT2D eigenvalue weighted by Gasteiger charge is 2.41. The van der Waals surface area contributed by atoms with Crippen LogP contribution in [0, 0.1) is 16.0 Å². The smallest absolute Gasteiger partial charge is 0.371 e. The van der Waals surface area contributed by atoms with Gasteiger partial charge in [-0.15, -0.1) is 0 Å². The van der Waals surface area contributed by atoms with Gasteiger partial charge in [-0.1, -0.05) is 6.07 Å². The summed E-state index contributed by atoms with van der Waals surface area (Å²) in [5.41, 5.74) is 0.560. The molecule has 1 aliphatic rings. The first kappa shape index (κ1) is 13.6. The Balaban J connectivity index is 2.05. The Morgan fingerprint density at radius 2 is 1.89 bits per heavy atom. The van der Waals surface area contributed by atoms with E-state index >= 15 is 0 Å². The van der Waals surface area contributed by atoms with Crippen molar-refractivity contribution in [3.63, 3.8) is 0 Å². The number of nitro benzene ring substituents is 1. The van der Waals surface area contributed by atoms with E-state index < -0.39 is 17.0 Å². The zero-order valence-electron chi connectivity index (χ0n) is 10.1. The van der Waals surface area contributed by atoms with E-state index in [2.05, 4.69) is 0 Å². The van der Waals surface area contributed by atoms with Crippen molar-refractivity contribution in [2.45, 2.75) is 19.0 Å². The van der Waals surface area contributed by atoms with Crippen LogP contribution in [-0.4, -0.2) is 24.2 Å². The molecule has 104 valence electrons. The number of hydrogen-bond donors (Lipinski definition) is 0. The van der Waals surface area contributed by atoms with E-state index in [-0.39, 0.29) is 31.6 Å². The van der Waals surface area contributed by atoms with Crippen LogP contribution in [0.2, 0.25) is 0 Å². The fourth-order valence-corrected chi connectivity index (χ4v) is 2.27. The Labute approximate surface area is 108 Å². The van der Waals surface area contributed by atoms with Crippen LogP contribution < -0.4 is 4.90 Å². The molecule has 0 aromatic heterocycles. The average Bonchev–Trinajstić information content (AvgIpc) is 2.38. The van der Waals surface area contributed by atoms with E-state index in [0.29, 0.717) is 5.69 Å². The molecule has 0 bridgehead atoms. The van der Waals surface area contributed by atoms with Gasteiger partial charge in [-0.2, -0.15) is 13.2 Å². The SMILES string of the molecule is O=[N+]([O-])c1cccc(N2CCC(C(F)(F)F)CC2)c1. The van der Waals surface area contributed by atoms with Crippen LogP contribution in [0.1, 0.15) is 12.8 Å². The molecule has 0 amide bonds. The molecule has 1 aromatic carbocycles. The largest absolute Gasteiger partial charge is 0.391 e. The van der Waals surface area contributed by atoms with Gasteiger partial charge in [-0.25, -0.2) is 0 Å². The maximum Gasteiger partial charge on any atom is 0.391 e. The highest BCUT2D eigenvalue weighted by atomic mass is 19.4. The second kappa shape index (κ2) is 5.07. The van der Waals surface area contributed by atoms with Crippen LogP contribution in [0.15, 0.2) is 24.3 Å². The number of piperidine rings is 1. The van der Waals surface area contributed by atoms with Crippen LogP contribution in [-0.2, 0) is 0 Å². The predicted molar refractivity (Wildman–Crippen MR) is 64.1 cm³/mol. The Kier molecular flexibility index (Phi) is 3.64. The lowest BCUT2D eigenvalue weighted by Gasteiger charge is -2.34. The summed E-state index contributed by atoms with van der Waals surface area (Å²) in [4.78, 5) is 11.9. The van der Waals surface area contributed by atoms with Crippen molar-refractivity contribution in [3.05, 3.63) is 34.4 Å². The molecule has 1 fully saturated rings. The molecule has 1 saturated heterocycles. The van der Waals surface area contributed by atoms with Gasteiger partial charge in [-0.3, -0.25) is 10.1 Å². The number of nitrogens with zero attached hydrogens (tertiary/aromatic N) is 2. The lowest BCUT2D eigenvalue weighted by atomic mass is 9.96. The maximum atomic E-state index is 12.5. The zero-order chi connectivity index (χ0) is 14.0. The molecule has 19 heavy (non-hydrogen) atoms. The first-order valence-corrected chi connectivity index (χ1v) is 5.94. The summed E-state index contributed by atoms with van der Waals surface area (Å²) in [6, 6.07) is 5.99. The lowest BCUT2D eigenvalue weighted by Crippen LogP contribution is -2.39. The molecule has 2 rings (SSSR count). The Bertz CT molecular complexity index is 468. The molecule has 0 atom stereocenters. The van der Waals surface area contributed by atoms with Gasteiger partial charge < -0.3 is 4.90 Å². The highest BCUT2D eigenvalue weighted by molar-refractivity contribution is 5.53. The maximum absolute atomic E-state index is 12.5. The van der Waals surface area contributed by atoms with E-state index in [1.165, 1.54) is 12.1 Å². The van der Waals surface area contributed by atoms with Crippen molar-refractivity contribution < 1.29 is 18.1 Å². The fraction of sp³-hybridized carbons (Fsp3) is 0.500. The van der Waals surface area contributed by atoms with E-state index in [1.54, 1.807) is 17.0 Å². The molecule has 4 nitrogen and oxygen atoms in total. The number of benzene rings is 1. The predicted octanol–water partition coefficient (Wildman–Crippen LogP) is 3.37. The van der Waals surface area contributed by atoms with Gasteiger partial charge in [0.25, 0.3) is 5.69 Å². The van der Waals surface area contributed by atoms with Crippen molar-refractivity contribution in [1.82, 2.24) is 0 Å². The minimum absolute atomic E-state index is 0.0339. The van der Waals surface area contributed by atoms with E-state index in [0.717, 1.165) is 0 Å². The number of alkyl halides is 3. The lowest BCUT2D eigenvalue weighted by molar-refractivity contribution is -0.384. The van der Waals surface area contributed by atoms with Crippen LogP contribution in [0.25, 0.3) is 0 Å². The quantitative estimate of drug-likeness (QED) is 0.613. The molecule has 1 heterocycles. The Morgan fingerprint density at radius 3 is 2.42 bits per heavy atom. The third-order valence-corrected chi connectivity index (χ3v) is 3.36. The third kappa shape index (κ3) is 3.15. The molecule has 1 aromatic rings. The second-order valence-electron chi connectivity index (χ2n) is 4.58. The van der Waals surface area contributed by atoms with Crippen molar-refractivity contribution in [1.29, 1.82) is 0 Å².